The van der Waals surface area contributed by atoms with Crippen molar-refractivity contribution < 1.29 is 0 Å². The molecule has 0 aliphatic heterocycles. The molecule has 0 radical (unpaired) electrons. The molecule has 0 aliphatic carbocycles. The zero-order chi connectivity index (χ0) is 16.9. The van der Waals surface area contributed by atoms with Gasteiger partial charge in [-0.3, -0.25) is 9.98 Å². The van der Waals surface area contributed by atoms with Crippen molar-refractivity contribution in [2.75, 3.05) is 25.4 Å². The van der Waals surface area contributed by atoms with Crippen LogP contribution in [0.2, 0.25) is 0 Å². The lowest BCUT2D eigenvalue weighted by atomic mass is 10.3. The van der Waals surface area contributed by atoms with Crippen LogP contribution in [-0.2, 0) is 6.42 Å². The van der Waals surface area contributed by atoms with E-state index < -0.39 is 0 Å². The minimum absolute atomic E-state index is 0.832. The zero-order valence-electron chi connectivity index (χ0n) is 14.2. The summed E-state index contributed by atoms with van der Waals surface area (Å²) in [7, 11) is 0. The molecular formula is C19H26N4S. The number of pyridine rings is 1. The van der Waals surface area contributed by atoms with Gasteiger partial charge in [0.1, 0.15) is 0 Å². The van der Waals surface area contributed by atoms with Crippen LogP contribution < -0.4 is 10.6 Å². The van der Waals surface area contributed by atoms with Crippen molar-refractivity contribution in [1.29, 1.82) is 0 Å². The van der Waals surface area contributed by atoms with Crippen LogP contribution in [0.4, 0.5) is 0 Å². The van der Waals surface area contributed by atoms with Gasteiger partial charge in [-0.2, -0.15) is 0 Å². The lowest BCUT2D eigenvalue weighted by Gasteiger charge is -2.11. The van der Waals surface area contributed by atoms with Crippen molar-refractivity contribution in [3.8, 4) is 0 Å². The lowest BCUT2D eigenvalue weighted by Crippen LogP contribution is -2.38. The zero-order valence-corrected chi connectivity index (χ0v) is 15.1. The van der Waals surface area contributed by atoms with E-state index in [1.807, 2.05) is 42.2 Å². The molecule has 1 aromatic heterocycles. The predicted octanol–water partition coefficient (Wildman–Crippen LogP) is 3.36. The van der Waals surface area contributed by atoms with Gasteiger partial charge < -0.3 is 10.6 Å². The molecule has 0 spiro atoms. The van der Waals surface area contributed by atoms with Crippen LogP contribution in [0.15, 0.2) is 64.6 Å². The number of nitrogens with zero attached hydrogens (tertiary/aromatic N) is 2. The smallest absolute Gasteiger partial charge is 0.191 e. The molecule has 5 heteroatoms. The first-order chi connectivity index (χ1) is 11.9. The van der Waals surface area contributed by atoms with Gasteiger partial charge in [0, 0.05) is 42.8 Å². The number of aliphatic imine (C=N–C) groups is 1. The molecule has 0 amide bonds. The summed E-state index contributed by atoms with van der Waals surface area (Å²) >= 11 is 1.88. The van der Waals surface area contributed by atoms with E-state index >= 15 is 0 Å². The molecule has 128 valence electrons. The maximum atomic E-state index is 4.64. The van der Waals surface area contributed by atoms with E-state index in [0.717, 1.165) is 49.9 Å². The molecule has 4 nitrogen and oxygen atoms in total. The molecule has 0 atom stereocenters. The molecule has 1 heterocycles. The first kappa shape index (κ1) is 18.3. The molecule has 0 fully saturated rings. The monoisotopic (exact) mass is 342 g/mol. The van der Waals surface area contributed by atoms with Crippen molar-refractivity contribution >= 4 is 17.7 Å². The van der Waals surface area contributed by atoms with Crippen LogP contribution in [0, 0.1) is 0 Å². The van der Waals surface area contributed by atoms with Crippen LogP contribution in [0.5, 0.6) is 0 Å². The summed E-state index contributed by atoms with van der Waals surface area (Å²) in [6.07, 6.45) is 3.80. The normalized spacial score (nSPS) is 11.3. The van der Waals surface area contributed by atoms with Crippen molar-refractivity contribution in [2.45, 2.75) is 24.7 Å². The molecule has 2 N–H and O–H groups in total. The number of benzene rings is 1. The topological polar surface area (TPSA) is 49.3 Å². The second kappa shape index (κ2) is 11.5. The van der Waals surface area contributed by atoms with Crippen molar-refractivity contribution in [3.63, 3.8) is 0 Å². The Labute approximate surface area is 149 Å². The molecule has 0 unspecified atom stereocenters. The fourth-order valence-electron chi connectivity index (χ4n) is 2.16. The molecule has 24 heavy (non-hydrogen) atoms. The minimum atomic E-state index is 0.832. The van der Waals surface area contributed by atoms with Gasteiger partial charge in [0.05, 0.1) is 0 Å². The maximum Gasteiger partial charge on any atom is 0.191 e. The first-order valence-corrected chi connectivity index (χ1v) is 9.47. The van der Waals surface area contributed by atoms with Gasteiger partial charge in [0.25, 0.3) is 0 Å². The molecule has 1 aromatic carbocycles. The van der Waals surface area contributed by atoms with Crippen molar-refractivity contribution in [3.05, 3.63) is 60.4 Å². The Morgan fingerprint density at radius 1 is 1.08 bits per heavy atom. The van der Waals surface area contributed by atoms with E-state index in [0.29, 0.717) is 0 Å². The van der Waals surface area contributed by atoms with Gasteiger partial charge in [-0.15, -0.1) is 11.8 Å². The third-order valence-electron chi connectivity index (χ3n) is 3.33. The Bertz CT molecular complexity index is 587. The van der Waals surface area contributed by atoms with Gasteiger partial charge >= 0.3 is 0 Å². The summed E-state index contributed by atoms with van der Waals surface area (Å²) in [5.41, 5.74) is 1.10. The number of hydrogen-bond acceptors (Lipinski definition) is 3. The van der Waals surface area contributed by atoms with Crippen molar-refractivity contribution in [2.24, 2.45) is 4.99 Å². The average Bonchev–Trinajstić information content (AvgIpc) is 2.63. The first-order valence-electron chi connectivity index (χ1n) is 8.48. The van der Waals surface area contributed by atoms with Crippen LogP contribution in [0.25, 0.3) is 0 Å². The molecular weight excluding hydrogens is 316 g/mol. The number of guanidine groups is 1. The van der Waals surface area contributed by atoms with Crippen LogP contribution in [-0.4, -0.2) is 36.3 Å². The molecule has 0 saturated carbocycles. The highest BCUT2D eigenvalue weighted by Crippen LogP contribution is 2.17. The Kier molecular flexibility index (Phi) is 8.79. The summed E-state index contributed by atoms with van der Waals surface area (Å²) in [4.78, 5) is 10.3. The largest absolute Gasteiger partial charge is 0.357 e. The van der Waals surface area contributed by atoms with Gasteiger partial charge in [0.2, 0.25) is 0 Å². The Morgan fingerprint density at radius 2 is 1.92 bits per heavy atom. The van der Waals surface area contributed by atoms with E-state index in [-0.39, 0.29) is 0 Å². The van der Waals surface area contributed by atoms with Crippen molar-refractivity contribution in [1.82, 2.24) is 15.6 Å². The predicted molar refractivity (Wildman–Crippen MR) is 104 cm³/mol. The van der Waals surface area contributed by atoms with E-state index in [1.54, 1.807) is 0 Å². The Hall–Kier alpha value is -2.01. The fourth-order valence-corrected chi connectivity index (χ4v) is 3.02. The minimum Gasteiger partial charge on any atom is -0.357 e. The number of nitrogens with one attached hydrogen (secondary N) is 2. The van der Waals surface area contributed by atoms with E-state index in [2.05, 4.69) is 51.8 Å². The summed E-state index contributed by atoms with van der Waals surface area (Å²) in [5, 5.41) is 6.66. The average molecular weight is 343 g/mol. The molecule has 0 aliphatic rings. The van der Waals surface area contributed by atoms with Gasteiger partial charge in [-0.05, 0) is 43.4 Å². The number of hydrogen-bond donors (Lipinski definition) is 2. The van der Waals surface area contributed by atoms with E-state index in [9.17, 15) is 0 Å². The Balaban J connectivity index is 1.66. The standard InChI is InChI=1S/C19H26N4S/c1-2-20-19(23-15-12-17-9-6-7-13-21-17)22-14-8-16-24-18-10-4-3-5-11-18/h3-7,9-11,13H,2,8,12,14-16H2,1H3,(H2,20,22,23). The van der Waals surface area contributed by atoms with Gasteiger partial charge in [-0.25, -0.2) is 0 Å². The summed E-state index contributed by atoms with van der Waals surface area (Å²) in [6, 6.07) is 16.5. The highest BCUT2D eigenvalue weighted by molar-refractivity contribution is 7.99. The molecule has 2 aromatic rings. The summed E-state index contributed by atoms with van der Waals surface area (Å²) in [6.45, 7) is 4.62. The Morgan fingerprint density at radius 3 is 2.67 bits per heavy atom. The summed E-state index contributed by atoms with van der Waals surface area (Å²) < 4.78 is 0. The van der Waals surface area contributed by atoms with Gasteiger partial charge in [0.15, 0.2) is 5.96 Å². The number of aromatic nitrogens is 1. The lowest BCUT2D eigenvalue weighted by molar-refractivity contribution is 0.784. The number of thioether (sulfide) groups is 1. The van der Waals surface area contributed by atoms with Crippen LogP contribution >= 0.6 is 11.8 Å². The van der Waals surface area contributed by atoms with Crippen LogP contribution in [0.3, 0.4) is 0 Å². The molecule has 0 saturated heterocycles. The third-order valence-corrected chi connectivity index (χ3v) is 4.43. The SMILES string of the molecule is CCNC(=NCCCSc1ccccc1)NCCc1ccccn1. The maximum absolute atomic E-state index is 4.64. The second-order valence-electron chi connectivity index (χ2n) is 5.27. The fraction of sp³-hybridized carbons (Fsp3) is 0.368. The van der Waals surface area contributed by atoms with Crippen LogP contribution in [0.1, 0.15) is 19.0 Å². The van der Waals surface area contributed by atoms with Gasteiger partial charge in [-0.1, -0.05) is 24.3 Å². The highest BCUT2D eigenvalue weighted by atomic mass is 32.2. The van der Waals surface area contributed by atoms with E-state index in [1.165, 1.54) is 4.90 Å². The van der Waals surface area contributed by atoms with E-state index in [4.69, 9.17) is 0 Å². The highest BCUT2D eigenvalue weighted by Gasteiger charge is 1.98. The second-order valence-corrected chi connectivity index (χ2v) is 6.44. The molecule has 0 bridgehead atoms. The third kappa shape index (κ3) is 7.51. The summed E-state index contributed by atoms with van der Waals surface area (Å²) in [5.74, 6) is 1.97. The molecule has 2 rings (SSSR count). The quantitative estimate of drug-likeness (QED) is 0.317. The number of rotatable bonds is 9.